The summed E-state index contributed by atoms with van der Waals surface area (Å²) in [5.41, 5.74) is 0. The molecule has 0 saturated heterocycles. The molecule has 4 nitrogen and oxygen atoms in total. The van der Waals surface area contributed by atoms with Gasteiger partial charge in [0.1, 0.15) is 0 Å². The Morgan fingerprint density at radius 3 is 2.67 bits per heavy atom. The number of aliphatic hydroxyl groups is 1. The van der Waals surface area contributed by atoms with Gasteiger partial charge in [-0.3, -0.25) is 0 Å². The number of rotatable bonds is 5. The monoisotopic (exact) mass is 252 g/mol. The lowest BCUT2D eigenvalue weighted by molar-refractivity contribution is 0.151. The third-order valence-electron chi connectivity index (χ3n) is 3.74. The Morgan fingerprint density at radius 1 is 1.28 bits per heavy atom. The van der Waals surface area contributed by atoms with E-state index in [2.05, 4.69) is 17.1 Å². The molecule has 1 fully saturated rings. The topological polar surface area (TPSA) is 59.2 Å². The summed E-state index contributed by atoms with van der Waals surface area (Å²) in [7, 11) is 0. The molecule has 1 aromatic heterocycles. The fraction of sp³-hybridized carbons (Fsp3) is 0.857. The van der Waals surface area contributed by atoms with Gasteiger partial charge in [-0.05, 0) is 19.3 Å². The summed E-state index contributed by atoms with van der Waals surface area (Å²) in [4.78, 5) is 4.46. The van der Waals surface area contributed by atoms with Crippen molar-refractivity contribution >= 4 is 0 Å². The second-order valence-corrected chi connectivity index (χ2v) is 5.38. The molecule has 1 aliphatic carbocycles. The molecule has 102 valence electrons. The third kappa shape index (κ3) is 3.80. The fourth-order valence-corrected chi connectivity index (χ4v) is 2.69. The van der Waals surface area contributed by atoms with E-state index in [1.54, 1.807) is 0 Å². The number of hydrogen-bond acceptors (Lipinski definition) is 4. The van der Waals surface area contributed by atoms with Gasteiger partial charge in [0.25, 0.3) is 0 Å². The summed E-state index contributed by atoms with van der Waals surface area (Å²) in [6.45, 7) is 2.06. The van der Waals surface area contributed by atoms with Gasteiger partial charge < -0.3 is 9.63 Å². The number of hydrogen-bond donors (Lipinski definition) is 1. The van der Waals surface area contributed by atoms with E-state index in [1.807, 2.05) is 0 Å². The maximum Gasteiger partial charge on any atom is 0.229 e. The normalized spacial score (nSPS) is 19.7. The van der Waals surface area contributed by atoms with Gasteiger partial charge >= 0.3 is 0 Å². The fourth-order valence-electron chi connectivity index (χ4n) is 2.69. The van der Waals surface area contributed by atoms with Gasteiger partial charge in [0.05, 0.1) is 12.5 Å². The van der Waals surface area contributed by atoms with Crippen LogP contribution in [0.5, 0.6) is 0 Å². The first-order valence-electron chi connectivity index (χ1n) is 7.30. The van der Waals surface area contributed by atoms with Crippen LogP contribution in [0.3, 0.4) is 0 Å². The molecule has 2 rings (SSSR count). The SMILES string of the molecule is CCCC(O)Cc1nc(C2CCCCCC2)no1. The van der Waals surface area contributed by atoms with E-state index >= 15 is 0 Å². The highest BCUT2D eigenvalue weighted by Crippen LogP contribution is 2.29. The van der Waals surface area contributed by atoms with Gasteiger partial charge in [-0.2, -0.15) is 4.98 Å². The van der Waals surface area contributed by atoms with Crippen molar-refractivity contribution in [3.63, 3.8) is 0 Å². The summed E-state index contributed by atoms with van der Waals surface area (Å²) in [6, 6.07) is 0. The predicted molar refractivity (Wildman–Crippen MR) is 69.4 cm³/mol. The molecule has 0 amide bonds. The van der Waals surface area contributed by atoms with E-state index in [9.17, 15) is 5.11 Å². The Bertz CT molecular complexity index is 343. The first-order chi connectivity index (χ1) is 8.79. The molecule has 1 N–H and O–H groups in total. The van der Waals surface area contributed by atoms with Crippen molar-refractivity contribution in [2.24, 2.45) is 0 Å². The Morgan fingerprint density at radius 2 is 2.00 bits per heavy atom. The van der Waals surface area contributed by atoms with Crippen LogP contribution in [0, 0.1) is 0 Å². The molecule has 0 radical (unpaired) electrons. The largest absolute Gasteiger partial charge is 0.393 e. The zero-order valence-corrected chi connectivity index (χ0v) is 11.3. The van der Waals surface area contributed by atoms with Gasteiger partial charge in [0, 0.05) is 5.92 Å². The number of aromatic nitrogens is 2. The van der Waals surface area contributed by atoms with Gasteiger partial charge in [-0.1, -0.05) is 44.2 Å². The standard InChI is InChI=1S/C14H24N2O2/c1-2-7-12(17)10-13-15-14(16-18-13)11-8-5-3-4-6-9-11/h11-12,17H,2-10H2,1H3. The summed E-state index contributed by atoms with van der Waals surface area (Å²) < 4.78 is 5.25. The average Bonchev–Trinajstić information content (AvgIpc) is 2.64. The minimum atomic E-state index is -0.350. The molecule has 4 heteroatoms. The average molecular weight is 252 g/mol. The van der Waals surface area contributed by atoms with Crippen molar-refractivity contribution in [1.29, 1.82) is 0 Å². The van der Waals surface area contributed by atoms with Gasteiger partial charge in [0.2, 0.25) is 5.89 Å². The molecular formula is C14H24N2O2. The Hall–Kier alpha value is -0.900. The van der Waals surface area contributed by atoms with Gasteiger partial charge in [-0.25, -0.2) is 0 Å². The highest BCUT2D eigenvalue weighted by Gasteiger charge is 2.20. The van der Waals surface area contributed by atoms with E-state index in [4.69, 9.17) is 4.52 Å². The van der Waals surface area contributed by atoms with Crippen LogP contribution < -0.4 is 0 Å². The maximum absolute atomic E-state index is 9.74. The van der Waals surface area contributed by atoms with Gasteiger partial charge in [-0.15, -0.1) is 0 Å². The molecule has 1 saturated carbocycles. The summed E-state index contributed by atoms with van der Waals surface area (Å²) in [6.07, 6.45) is 9.47. The first kappa shape index (κ1) is 13.5. The van der Waals surface area contributed by atoms with Crippen molar-refractivity contribution in [2.75, 3.05) is 0 Å². The lowest BCUT2D eigenvalue weighted by Crippen LogP contribution is -2.10. The Kier molecular flexibility index (Phi) is 5.17. The lowest BCUT2D eigenvalue weighted by atomic mass is 10.00. The minimum Gasteiger partial charge on any atom is -0.393 e. The van der Waals surface area contributed by atoms with Crippen LogP contribution >= 0.6 is 0 Å². The van der Waals surface area contributed by atoms with Crippen molar-refractivity contribution in [1.82, 2.24) is 10.1 Å². The summed E-state index contributed by atoms with van der Waals surface area (Å²) >= 11 is 0. The van der Waals surface area contributed by atoms with Crippen molar-refractivity contribution in [3.05, 3.63) is 11.7 Å². The third-order valence-corrected chi connectivity index (χ3v) is 3.74. The van der Waals surface area contributed by atoms with E-state index in [0.29, 0.717) is 18.2 Å². The van der Waals surface area contributed by atoms with Crippen molar-refractivity contribution in [3.8, 4) is 0 Å². The number of aliphatic hydroxyl groups excluding tert-OH is 1. The second kappa shape index (κ2) is 6.88. The van der Waals surface area contributed by atoms with Crippen LogP contribution in [0.1, 0.15) is 75.9 Å². The molecule has 0 spiro atoms. The van der Waals surface area contributed by atoms with Gasteiger partial charge in [0.15, 0.2) is 5.82 Å². The molecule has 0 aliphatic heterocycles. The second-order valence-electron chi connectivity index (χ2n) is 5.38. The summed E-state index contributed by atoms with van der Waals surface area (Å²) in [5, 5.41) is 13.8. The number of nitrogens with zero attached hydrogens (tertiary/aromatic N) is 2. The zero-order valence-electron chi connectivity index (χ0n) is 11.3. The predicted octanol–water partition coefficient (Wildman–Crippen LogP) is 3.21. The highest BCUT2D eigenvalue weighted by atomic mass is 16.5. The quantitative estimate of drug-likeness (QED) is 0.817. The smallest absolute Gasteiger partial charge is 0.229 e. The minimum absolute atomic E-state index is 0.350. The molecule has 0 bridgehead atoms. The van der Waals surface area contributed by atoms with E-state index in [-0.39, 0.29) is 6.10 Å². The van der Waals surface area contributed by atoms with Crippen LogP contribution in [-0.2, 0) is 6.42 Å². The first-order valence-corrected chi connectivity index (χ1v) is 7.30. The van der Waals surface area contributed by atoms with Crippen LogP contribution in [0.25, 0.3) is 0 Å². The molecule has 0 aromatic carbocycles. The highest BCUT2D eigenvalue weighted by molar-refractivity contribution is 4.97. The molecule has 1 aromatic rings. The molecule has 1 aliphatic rings. The maximum atomic E-state index is 9.74. The Balaban J connectivity index is 1.92. The Labute approximate surface area is 109 Å². The molecule has 18 heavy (non-hydrogen) atoms. The molecular weight excluding hydrogens is 228 g/mol. The summed E-state index contributed by atoms with van der Waals surface area (Å²) in [5.74, 6) is 1.92. The molecule has 1 unspecified atom stereocenters. The van der Waals surface area contributed by atoms with Crippen LogP contribution in [0.15, 0.2) is 4.52 Å². The lowest BCUT2D eigenvalue weighted by Gasteiger charge is -2.07. The van der Waals surface area contributed by atoms with E-state index < -0.39 is 0 Å². The molecule has 1 atom stereocenters. The molecule has 1 heterocycles. The van der Waals surface area contributed by atoms with Crippen LogP contribution in [-0.4, -0.2) is 21.4 Å². The van der Waals surface area contributed by atoms with Crippen molar-refractivity contribution in [2.45, 2.75) is 76.7 Å². The van der Waals surface area contributed by atoms with E-state index in [0.717, 1.165) is 18.7 Å². The van der Waals surface area contributed by atoms with E-state index in [1.165, 1.54) is 38.5 Å². The van der Waals surface area contributed by atoms with Crippen molar-refractivity contribution < 1.29 is 9.63 Å². The van der Waals surface area contributed by atoms with Crippen LogP contribution in [0.2, 0.25) is 0 Å². The zero-order chi connectivity index (χ0) is 12.8. The van der Waals surface area contributed by atoms with Crippen LogP contribution in [0.4, 0.5) is 0 Å².